The lowest BCUT2D eigenvalue weighted by Gasteiger charge is -2.24. The number of carbonyl (C=O) groups excluding carboxylic acids is 1. The maximum absolute atomic E-state index is 12.7. The first-order valence-corrected chi connectivity index (χ1v) is 8.44. The zero-order valence-electron chi connectivity index (χ0n) is 14.9. The molecule has 1 aliphatic rings. The molecule has 1 N–H and O–H groups in total. The number of nitrogens with one attached hydrogen (secondary N) is 1. The number of rotatable bonds is 7. The Bertz CT molecular complexity index is 742. The molecule has 7 nitrogen and oxygen atoms in total. The second kappa shape index (κ2) is 7.57. The van der Waals surface area contributed by atoms with E-state index in [1.54, 1.807) is 6.20 Å². The Hall–Kier alpha value is -2.54. The summed E-state index contributed by atoms with van der Waals surface area (Å²) in [5.41, 5.74) is 0.878. The first-order valence-electron chi connectivity index (χ1n) is 8.44. The Morgan fingerprint density at radius 1 is 1.36 bits per heavy atom. The first-order chi connectivity index (χ1) is 12.1. The maximum Gasteiger partial charge on any atom is 0.242 e. The summed E-state index contributed by atoms with van der Waals surface area (Å²) in [6, 6.07) is 5.24. The molecular formula is C18H24N4O3. The number of benzene rings is 1. The zero-order chi connectivity index (χ0) is 17.8. The summed E-state index contributed by atoms with van der Waals surface area (Å²) >= 11 is 0. The monoisotopic (exact) mass is 344 g/mol. The van der Waals surface area contributed by atoms with Crippen molar-refractivity contribution in [3.8, 4) is 11.5 Å². The lowest BCUT2D eigenvalue weighted by Crippen LogP contribution is -2.38. The molecule has 0 saturated carbocycles. The number of amides is 1. The highest BCUT2D eigenvalue weighted by atomic mass is 16.7. The summed E-state index contributed by atoms with van der Waals surface area (Å²) in [5, 5.41) is 3.02. The largest absolute Gasteiger partial charge is 0.454 e. The average molecular weight is 344 g/mol. The minimum absolute atomic E-state index is 0.0398. The van der Waals surface area contributed by atoms with Crippen LogP contribution in [0.5, 0.6) is 11.5 Å². The van der Waals surface area contributed by atoms with E-state index in [9.17, 15) is 4.79 Å². The van der Waals surface area contributed by atoms with Crippen molar-refractivity contribution >= 4 is 5.91 Å². The molecule has 1 unspecified atom stereocenters. The second-order valence-corrected chi connectivity index (χ2v) is 6.16. The zero-order valence-corrected chi connectivity index (χ0v) is 14.9. The fourth-order valence-electron chi connectivity index (χ4n) is 3.02. The molecule has 0 saturated heterocycles. The van der Waals surface area contributed by atoms with Crippen LogP contribution in [0.15, 0.2) is 30.6 Å². The minimum Gasteiger partial charge on any atom is -0.454 e. The molecule has 1 aromatic carbocycles. The van der Waals surface area contributed by atoms with E-state index in [4.69, 9.17) is 9.47 Å². The molecule has 2 heterocycles. The average Bonchev–Trinajstić information content (AvgIpc) is 3.22. The molecule has 0 fully saturated rings. The van der Waals surface area contributed by atoms with Gasteiger partial charge in [-0.3, -0.25) is 9.69 Å². The van der Waals surface area contributed by atoms with Crippen LogP contribution in [0.2, 0.25) is 0 Å². The summed E-state index contributed by atoms with van der Waals surface area (Å²) in [6.07, 6.45) is 4.60. The van der Waals surface area contributed by atoms with Crippen LogP contribution in [0.4, 0.5) is 0 Å². The fraction of sp³-hybridized carbons (Fsp3) is 0.444. The Morgan fingerprint density at radius 3 is 2.92 bits per heavy atom. The van der Waals surface area contributed by atoms with Crippen molar-refractivity contribution in [1.29, 1.82) is 0 Å². The number of carbonyl (C=O) groups is 1. The summed E-state index contributed by atoms with van der Waals surface area (Å²) in [6.45, 7) is 3.55. The van der Waals surface area contributed by atoms with Gasteiger partial charge in [-0.1, -0.05) is 13.0 Å². The van der Waals surface area contributed by atoms with Crippen LogP contribution in [-0.2, 0) is 17.8 Å². The molecule has 1 atom stereocenters. The SMILES string of the molecule is CCc1nccn1CCNC(=O)C(c1ccc2c(c1)OCO2)N(C)C. The minimum atomic E-state index is -0.386. The molecular weight excluding hydrogens is 320 g/mol. The number of ether oxygens (including phenoxy) is 2. The van der Waals surface area contributed by atoms with Gasteiger partial charge in [0.15, 0.2) is 11.5 Å². The van der Waals surface area contributed by atoms with Crippen LogP contribution in [-0.4, -0.2) is 47.8 Å². The van der Waals surface area contributed by atoms with Gasteiger partial charge < -0.3 is 19.4 Å². The molecule has 0 spiro atoms. The third-order valence-electron chi connectivity index (χ3n) is 4.25. The first kappa shape index (κ1) is 17.3. The predicted octanol–water partition coefficient (Wildman–Crippen LogP) is 1.59. The summed E-state index contributed by atoms with van der Waals surface area (Å²) < 4.78 is 12.8. The van der Waals surface area contributed by atoms with Gasteiger partial charge in [0, 0.05) is 31.9 Å². The van der Waals surface area contributed by atoms with Crippen LogP contribution in [0, 0.1) is 0 Å². The van der Waals surface area contributed by atoms with Gasteiger partial charge >= 0.3 is 0 Å². The fourth-order valence-corrected chi connectivity index (χ4v) is 3.02. The van der Waals surface area contributed by atoms with Gasteiger partial charge in [-0.2, -0.15) is 0 Å². The smallest absolute Gasteiger partial charge is 0.242 e. The van der Waals surface area contributed by atoms with E-state index in [2.05, 4.69) is 21.8 Å². The Morgan fingerprint density at radius 2 is 2.16 bits per heavy atom. The number of hydrogen-bond donors (Lipinski definition) is 1. The van der Waals surface area contributed by atoms with Crippen molar-refractivity contribution in [1.82, 2.24) is 19.8 Å². The third kappa shape index (κ3) is 3.76. The highest BCUT2D eigenvalue weighted by Gasteiger charge is 2.25. The molecule has 0 aliphatic carbocycles. The van der Waals surface area contributed by atoms with Gasteiger partial charge in [-0.05, 0) is 31.8 Å². The molecule has 1 amide bonds. The van der Waals surface area contributed by atoms with Crippen LogP contribution >= 0.6 is 0 Å². The van der Waals surface area contributed by atoms with Gasteiger partial charge in [-0.15, -0.1) is 0 Å². The highest BCUT2D eigenvalue weighted by molar-refractivity contribution is 5.83. The summed E-state index contributed by atoms with van der Waals surface area (Å²) in [5.74, 6) is 2.38. The van der Waals surface area contributed by atoms with Crippen molar-refractivity contribution in [3.63, 3.8) is 0 Å². The lowest BCUT2D eigenvalue weighted by atomic mass is 10.0. The van der Waals surface area contributed by atoms with Crippen molar-refractivity contribution in [2.24, 2.45) is 0 Å². The molecule has 1 aliphatic heterocycles. The molecule has 0 radical (unpaired) electrons. The second-order valence-electron chi connectivity index (χ2n) is 6.16. The van der Waals surface area contributed by atoms with Gasteiger partial charge in [0.2, 0.25) is 12.7 Å². The van der Waals surface area contributed by atoms with Crippen molar-refractivity contribution in [3.05, 3.63) is 42.0 Å². The standard InChI is InChI=1S/C18H24N4O3/c1-4-16-19-7-9-22(16)10-8-20-18(23)17(21(2)3)13-5-6-14-15(11-13)25-12-24-14/h5-7,9,11,17H,4,8,10,12H2,1-3H3,(H,20,23). The van der Waals surface area contributed by atoms with E-state index >= 15 is 0 Å². The molecule has 134 valence electrons. The van der Waals surface area contributed by atoms with Crippen molar-refractivity contribution in [2.75, 3.05) is 27.4 Å². The highest BCUT2D eigenvalue weighted by Crippen LogP contribution is 2.35. The van der Waals surface area contributed by atoms with Gasteiger partial charge in [0.1, 0.15) is 11.9 Å². The maximum atomic E-state index is 12.7. The molecule has 25 heavy (non-hydrogen) atoms. The predicted molar refractivity (Wildman–Crippen MR) is 93.6 cm³/mol. The number of likely N-dealkylation sites (N-methyl/N-ethyl adjacent to an activating group) is 1. The third-order valence-corrected chi connectivity index (χ3v) is 4.25. The molecule has 1 aromatic heterocycles. The quantitative estimate of drug-likeness (QED) is 0.826. The Kier molecular flexibility index (Phi) is 5.23. The van der Waals surface area contributed by atoms with Crippen LogP contribution in [0.1, 0.15) is 24.4 Å². The Labute approximate surface area is 147 Å². The molecule has 7 heteroatoms. The van der Waals surface area contributed by atoms with Crippen molar-refractivity contribution < 1.29 is 14.3 Å². The van der Waals surface area contributed by atoms with Gasteiger partial charge in [0.05, 0.1) is 0 Å². The number of hydrogen-bond acceptors (Lipinski definition) is 5. The number of aryl methyl sites for hydroxylation is 1. The molecule has 0 bridgehead atoms. The molecule has 2 aromatic rings. The lowest BCUT2D eigenvalue weighted by molar-refractivity contribution is -0.125. The number of imidazole rings is 1. The number of nitrogens with zero attached hydrogens (tertiary/aromatic N) is 3. The number of fused-ring (bicyclic) bond motifs is 1. The normalized spacial score (nSPS) is 13.9. The Balaban J connectivity index is 1.65. The topological polar surface area (TPSA) is 68.6 Å². The van der Waals surface area contributed by atoms with E-state index in [1.807, 2.05) is 43.4 Å². The van der Waals surface area contributed by atoms with Crippen molar-refractivity contribution in [2.45, 2.75) is 25.9 Å². The van der Waals surface area contributed by atoms with Crippen LogP contribution in [0.25, 0.3) is 0 Å². The van der Waals surface area contributed by atoms with E-state index < -0.39 is 0 Å². The van der Waals surface area contributed by atoms with Gasteiger partial charge in [-0.25, -0.2) is 4.98 Å². The van der Waals surface area contributed by atoms with E-state index in [0.29, 0.717) is 24.6 Å². The van der Waals surface area contributed by atoms with E-state index in [1.165, 1.54) is 0 Å². The van der Waals surface area contributed by atoms with Gasteiger partial charge in [0.25, 0.3) is 0 Å². The summed E-state index contributed by atoms with van der Waals surface area (Å²) in [7, 11) is 3.78. The van der Waals surface area contributed by atoms with E-state index in [-0.39, 0.29) is 18.7 Å². The van der Waals surface area contributed by atoms with E-state index in [0.717, 1.165) is 17.8 Å². The number of aromatic nitrogens is 2. The summed E-state index contributed by atoms with van der Waals surface area (Å²) in [4.78, 5) is 18.9. The van der Waals surface area contributed by atoms with Crippen LogP contribution in [0.3, 0.4) is 0 Å². The molecule has 3 rings (SSSR count). The van der Waals surface area contributed by atoms with Crippen LogP contribution < -0.4 is 14.8 Å².